The number of hydrogen-bond donors (Lipinski definition) is 3. The van der Waals surface area contributed by atoms with Gasteiger partial charge in [-0.1, -0.05) is 19.1 Å². The van der Waals surface area contributed by atoms with Crippen LogP contribution >= 0.6 is 0 Å². The molecule has 0 amide bonds. The molecule has 4 N–H and O–H groups in total. The first-order chi connectivity index (χ1) is 11.7. The average molecular weight is 327 g/mol. The van der Waals surface area contributed by atoms with Crippen molar-refractivity contribution in [1.82, 2.24) is 19.9 Å². The molecular weight excluding hydrogens is 302 g/mol. The number of aromatic nitrogens is 2. The van der Waals surface area contributed by atoms with Crippen molar-refractivity contribution in [2.24, 2.45) is 0 Å². The number of nitrogens with one attached hydrogen (secondary N) is 2. The highest BCUT2D eigenvalue weighted by Crippen LogP contribution is 2.26. The first-order valence-electron chi connectivity index (χ1n) is 8.32. The predicted molar refractivity (Wildman–Crippen MR) is 98.2 cm³/mol. The minimum absolute atomic E-state index is 0.524. The van der Waals surface area contributed by atoms with Crippen molar-refractivity contribution in [3.8, 4) is 0 Å². The molecule has 1 aromatic carbocycles. The highest BCUT2D eigenvalue weighted by Gasteiger charge is 2.16. The van der Waals surface area contributed by atoms with Gasteiger partial charge in [0.25, 0.3) is 0 Å². The van der Waals surface area contributed by atoms with Crippen LogP contribution in [0.15, 0.2) is 30.6 Å². The Labute approximate surface area is 142 Å². The lowest BCUT2D eigenvalue weighted by atomic mass is 10.1. The fraction of sp³-hybridized carbons (Fsp3) is 0.412. The maximum absolute atomic E-state index is 6.24. The van der Waals surface area contributed by atoms with E-state index in [-0.39, 0.29) is 0 Å². The van der Waals surface area contributed by atoms with E-state index < -0.39 is 0 Å². The van der Waals surface area contributed by atoms with Crippen LogP contribution in [-0.2, 0) is 6.42 Å². The molecule has 0 spiro atoms. The van der Waals surface area contributed by atoms with Gasteiger partial charge in [-0.25, -0.2) is 15.0 Å². The third kappa shape index (κ3) is 3.93. The van der Waals surface area contributed by atoms with Gasteiger partial charge in [0, 0.05) is 31.9 Å². The normalized spacial score (nSPS) is 16.1. The summed E-state index contributed by atoms with van der Waals surface area (Å²) in [5.74, 6) is 1.26. The zero-order chi connectivity index (χ0) is 16.9. The molecule has 1 aromatic heterocycles. The van der Waals surface area contributed by atoms with Crippen LogP contribution < -0.4 is 16.5 Å². The molecule has 24 heavy (non-hydrogen) atoms. The minimum Gasteiger partial charge on any atom is -0.393 e. The van der Waals surface area contributed by atoms with E-state index in [4.69, 9.17) is 5.73 Å². The Hall–Kier alpha value is -2.38. The van der Waals surface area contributed by atoms with Crippen LogP contribution in [0.1, 0.15) is 12.5 Å². The van der Waals surface area contributed by atoms with Gasteiger partial charge in [-0.3, -0.25) is 0 Å². The van der Waals surface area contributed by atoms with Crippen molar-refractivity contribution < 1.29 is 0 Å². The van der Waals surface area contributed by atoms with E-state index in [1.807, 2.05) is 12.1 Å². The monoisotopic (exact) mass is 327 g/mol. The fourth-order valence-electron chi connectivity index (χ4n) is 2.61. The predicted octanol–water partition coefficient (Wildman–Crippen LogP) is 1.94. The zero-order valence-corrected chi connectivity index (χ0v) is 14.3. The van der Waals surface area contributed by atoms with Crippen molar-refractivity contribution in [3.05, 3.63) is 36.2 Å². The second-order valence-electron chi connectivity index (χ2n) is 6.06. The van der Waals surface area contributed by atoms with Crippen LogP contribution in [0.3, 0.4) is 0 Å². The lowest BCUT2D eigenvalue weighted by Crippen LogP contribution is -2.47. The fourth-order valence-corrected chi connectivity index (χ4v) is 2.61. The largest absolute Gasteiger partial charge is 0.393 e. The Balaban J connectivity index is 1.70. The third-order valence-corrected chi connectivity index (χ3v) is 4.28. The Bertz CT molecular complexity index is 663. The van der Waals surface area contributed by atoms with Gasteiger partial charge in [0.1, 0.15) is 12.0 Å². The quantitative estimate of drug-likeness (QED) is 0.774. The van der Waals surface area contributed by atoms with Crippen molar-refractivity contribution in [2.45, 2.75) is 13.3 Å². The Morgan fingerprint density at radius 2 is 1.71 bits per heavy atom. The number of hydrogen-bond acceptors (Lipinski definition) is 7. The molecule has 1 fully saturated rings. The summed E-state index contributed by atoms with van der Waals surface area (Å²) in [5, 5.41) is 5.40. The average Bonchev–Trinajstić information content (AvgIpc) is 2.61. The maximum atomic E-state index is 6.24. The number of nitrogens with two attached hydrogens (primary N) is 1. The van der Waals surface area contributed by atoms with Gasteiger partial charge in [-0.05, 0) is 31.2 Å². The van der Waals surface area contributed by atoms with Crippen molar-refractivity contribution in [1.29, 1.82) is 0 Å². The highest BCUT2D eigenvalue weighted by atomic mass is 15.5. The van der Waals surface area contributed by atoms with Crippen LogP contribution in [0.2, 0.25) is 0 Å². The van der Waals surface area contributed by atoms with Crippen molar-refractivity contribution in [3.63, 3.8) is 0 Å². The molecule has 1 saturated heterocycles. The number of rotatable bonds is 5. The summed E-state index contributed by atoms with van der Waals surface area (Å²) in [6.45, 7) is 6.04. The van der Waals surface area contributed by atoms with Crippen molar-refractivity contribution >= 4 is 23.0 Å². The molecule has 0 saturated carbocycles. The Morgan fingerprint density at radius 3 is 2.38 bits per heavy atom. The molecule has 0 aliphatic carbocycles. The van der Waals surface area contributed by atoms with E-state index in [0.29, 0.717) is 17.3 Å². The number of piperazine rings is 1. The number of benzene rings is 1. The first kappa shape index (κ1) is 16.5. The second kappa shape index (κ2) is 7.46. The molecule has 128 valence electrons. The third-order valence-electron chi connectivity index (χ3n) is 4.28. The summed E-state index contributed by atoms with van der Waals surface area (Å²) in [5.41, 5.74) is 12.3. The molecule has 0 atom stereocenters. The van der Waals surface area contributed by atoms with Gasteiger partial charge in [0.15, 0.2) is 11.6 Å². The topological polar surface area (TPSA) is 82.3 Å². The molecule has 1 aliphatic rings. The molecule has 0 radical (unpaired) electrons. The number of nitrogens with zero attached hydrogens (tertiary/aromatic N) is 4. The number of likely N-dealkylation sites (N-methyl/N-ethyl adjacent to an activating group) is 1. The molecule has 0 bridgehead atoms. The Morgan fingerprint density at radius 1 is 1.04 bits per heavy atom. The van der Waals surface area contributed by atoms with Gasteiger partial charge < -0.3 is 21.4 Å². The molecule has 7 nitrogen and oxygen atoms in total. The Kier molecular flexibility index (Phi) is 5.12. The van der Waals surface area contributed by atoms with Gasteiger partial charge >= 0.3 is 0 Å². The summed E-state index contributed by atoms with van der Waals surface area (Å²) >= 11 is 0. The van der Waals surface area contributed by atoms with Gasteiger partial charge in [0.2, 0.25) is 0 Å². The van der Waals surface area contributed by atoms with Crippen LogP contribution in [-0.4, -0.2) is 53.1 Å². The summed E-state index contributed by atoms with van der Waals surface area (Å²) in [7, 11) is 2.13. The van der Waals surface area contributed by atoms with Crippen LogP contribution in [0.4, 0.5) is 23.0 Å². The smallest absolute Gasteiger partial charge is 0.169 e. The maximum Gasteiger partial charge on any atom is 0.169 e. The van der Waals surface area contributed by atoms with E-state index >= 15 is 0 Å². The van der Waals surface area contributed by atoms with E-state index in [0.717, 1.165) is 38.3 Å². The van der Waals surface area contributed by atoms with Crippen LogP contribution in [0, 0.1) is 0 Å². The number of anilines is 4. The van der Waals surface area contributed by atoms with E-state index in [1.165, 1.54) is 11.9 Å². The zero-order valence-electron chi connectivity index (χ0n) is 14.3. The number of nitrogen functional groups attached to an aromatic ring is 1. The first-order valence-corrected chi connectivity index (χ1v) is 8.32. The van der Waals surface area contributed by atoms with Gasteiger partial charge in [-0.15, -0.1) is 0 Å². The lowest BCUT2D eigenvalue weighted by Gasteiger charge is -2.32. The van der Waals surface area contributed by atoms with Crippen LogP contribution in [0.25, 0.3) is 0 Å². The SMILES string of the molecule is CCc1ccc(Nc2ncnc(NN3CCN(C)CC3)c2N)cc1. The summed E-state index contributed by atoms with van der Waals surface area (Å²) < 4.78 is 0. The van der Waals surface area contributed by atoms with Crippen molar-refractivity contribution in [2.75, 3.05) is 49.7 Å². The van der Waals surface area contributed by atoms with Crippen LogP contribution in [0.5, 0.6) is 0 Å². The van der Waals surface area contributed by atoms with Gasteiger partial charge in [0.05, 0.1) is 0 Å². The molecule has 0 unspecified atom stereocenters. The van der Waals surface area contributed by atoms with E-state index in [9.17, 15) is 0 Å². The summed E-state index contributed by atoms with van der Waals surface area (Å²) in [6, 6.07) is 8.27. The van der Waals surface area contributed by atoms with E-state index in [2.05, 4.69) is 56.7 Å². The molecule has 1 aliphatic heterocycles. The minimum atomic E-state index is 0.524. The highest BCUT2D eigenvalue weighted by molar-refractivity contribution is 5.77. The van der Waals surface area contributed by atoms with E-state index in [1.54, 1.807) is 0 Å². The molecule has 7 heteroatoms. The molecule has 3 rings (SSSR count). The second-order valence-corrected chi connectivity index (χ2v) is 6.06. The molecular formula is C17H25N7. The summed E-state index contributed by atoms with van der Waals surface area (Å²) in [4.78, 5) is 10.8. The molecule has 2 heterocycles. The standard InChI is InChI=1S/C17H25N7/c1-3-13-4-6-14(7-5-13)21-16-15(18)17(20-12-19-16)22-24-10-8-23(2)9-11-24/h4-7,12H,3,8-11,18H2,1-2H3,(H2,19,20,21,22). The number of aryl methyl sites for hydroxylation is 1. The molecule has 2 aromatic rings. The summed E-state index contributed by atoms with van der Waals surface area (Å²) in [6.07, 6.45) is 2.55. The number of hydrazine groups is 1. The lowest BCUT2D eigenvalue weighted by molar-refractivity contribution is 0.178. The van der Waals surface area contributed by atoms with Gasteiger partial charge in [-0.2, -0.15) is 0 Å².